The Hall–Kier alpha value is -2.41. The first kappa shape index (κ1) is 10.4. The Balaban J connectivity index is 2.22. The van der Waals surface area contributed by atoms with Crippen LogP contribution < -0.4 is 0 Å². The fourth-order valence-electron chi connectivity index (χ4n) is 2.93. The number of rotatable bonds is 0. The van der Waals surface area contributed by atoms with Crippen molar-refractivity contribution in [2.75, 3.05) is 0 Å². The molecule has 0 saturated heterocycles. The molecule has 0 atom stereocenters. The molecule has 0 spiro atoms. The molecule has 4 rings (SSSR count). The van der Waals surface area contributed by atoms with Gasteiger partial charge in [-0.05, 0) is 36.4 Å². The lowest BCUT2D eigenvalue weighted by Crippen LogP contribution is -1.89. The van der Waals surface area contributed by atoms with E-state index in [1.54, 1.807) is 0 Å². The third-order valence-corrected chi connectivity index (χ3v) is 4.00. The van der Waals surface area contributed by atoms with Crippen LogP contribution in [0.1, 0.15) is 12.5 Å². The van der Waals surface area contributed by atoms with E-state index in [0.29, 0.717) is 6.90 Å². The summed E-state index contributed by atoms with van der Waals surface area (Å²) in [6, 6.07) is 18.8. The Kier molecular flexibility index (Phi) is 2.10. The third-order valence-electron chi connectivity index (χ3n) is 4.00. The van der Waals surface area contributed by atoms with Gasteiger partial charge in [0.05, 0.1) is 11.0 Å². The maximum absolute atomic E-state index is 7.54. The van der Waals surface area contributed by atoms with Crippen LogP contribution in [0.15, 0.2) is 54.6 Å². The molecule has 1 heterocycles. The van der Waals surface area contributed by atoms with Gasteiger partial charge in [-0.3, -0.25) is 0 Å². The Bertz CT molecular complexity index is 989. The van der Waals surface area contributed by atoms with Crippen LogP contribution in [-0.2, 0) is 0 Å². The van der Waals surface area contributed by atoms with Gasteiger partial charge < -0.3 is 0 Å². The minimum absolute atomic E-state index is 0.296. The lowest BCUT2D eigenvalue weighted by molar-refractivity contribution is 1.43. The van der Waals surface area contributed by atoms with Crippen LogP contribution in [0.4, 0.5) is 0 Å². The second kappa shape index (κ2) is 4.04. The van der Waals surface area contributed by atoms with Crippen molar-refractivity contribution in [2.24, 2.45) is 0 Å². The Morgan fingerprint density at radius 3 is 2.65 bits per heavy atom. The zero-order chi connectivity index (χ0) is 14.4. The van der Waals surface area contributed by atoms with Gasteiger partial charge in [-0.15, -0.1) is 0 Å². The SMILES string of the molecule is [3H]Cc1ccc2c(C)c3ccc4ccccc4c3nc2c1. The van der Waals surface area contributed by atoms with Gasteiger partial charge in [0.2, 0.25) is 0 Å². The topological polar surface area (TPSA) is 12.9 Å². The van der Waals surface area contributed by atoms with E-state index in [4.69, 9.17) is 6.35 Å². The number of pyridine rings is 1. The molecule has 0 radical (unpaired) electrons. The van der Waals surface area contributed by atoms with Crippen molar-refractivity contribution in [1.29, 1.82) is 0 Å². The molecule has 1 heteroatoms. The average molecular weight is 259 g/mol. The van der Waals surface area contributed by atoms with Crippen molar-refractivity contribution in [3.8, 4) is 0 Å². The second-order valence-electron chi connectivity index (χ2n) is 5.27. The van der Waals surface area contributed by atoms with Crippen LogP contribution in [0.5, 0.6) is 0 Å². The van der Waals surface area contributed by atoms with Crippen molar-refractivity contribution in [3.05, 3.63) is 65.7 Å². The van der Waals surface area contributed by atoms with Gasteiger partial charge >= 0.3 is 0 Å². The number of fused-ring (bicyclic) bond motifs is 4. The second-order valence-corrected chi connectivity index (χ2v) is 5.27. The molecule has 1 nitrogen and oxygen atoms in total. The highest BCUT2D eigenvalue weighted by atomic mass is 14.7. The lowest BCUT2D eigenvalue weighted by Gasteiger charge is -2.10. The Morgan fingerprint density at radius 1 is 0.900 bits per heavy atom. The summed E-state index contributed by atoms with van der Waals surface area (Å²) in [7, 11) is 0. The highest BCUT2D eigenvalue weighted by Gasteiger charge is 2.08. The Morgan fingerprint density at radius 2 is 1.75 bits per heavy atom. The maximum atomic E-state index is 7.54. The summed E-state index contributed by atoms with van der Waals surface area (Å²) in [6.07, 6.45) is 0. The van der Waals surface area contributed by atoms with Crippen LogP contribution in [0.3, 0.4) is 0 Å². The maximum Gasteiger partial charge on any atom is 0.0790 e. The van der Waals surface area contributed by atoms with Gasteiger partial charge in [0.25, 0.3) is 0 Å². The summed E-state index contributed by atoms with van der Waals surface area (Å²) in [5.41, 5.74) is 4.31. The molecular weight excluding hydrogens is 242 g/mol. The van der Waals surface area contributed by atoms with E-state index in [1.165, 1.54) is 27.1 Å². The first-order valence-corrected chi connectivity index (χ1v) is 6.78. The van der Waals surface area contributed by atoms with Crippen LogP contribution in [0.2, 0.25) is 0 Å². The molecule has 0 amide bonds. The van der Waals surface area contributed by atoms with E-state index in [0.717, 1.165) is 16.6 Å². The third kappa shape index (κ3) is 1.53. The molecule has 1 aromatic heterocycles. The first-order valence-electron chi connectivity index (χ1n) is 7.48. The largest absolute Gasteiger partial charge is 0.247 e. The number of hydrogen-bond acceptors (Lipinski definition) is 1. The standard InChI is InChI=1S/C19H15N/c1-12-7-9-15-13(2)16-10-8-14-5-3-4-6-17(14)19(16)20-18(15)11-12/h3-11H,1-2H3/i1T. The molecule has 0 aliphatic carbocycles. The van der Waals surface area contributed by atoms with Crippen LogP contribution in [0.25, 0.3) is 32.6 Å². The normalized spacial score (nSPS) is 12.2. The van der Waals surface area contributed by atoms with Crippen LogP contribution >= 0.6 is 0 Å². The molecule has 0 bridgehead atoms. The Labute approximate surface area is 119 Å². The van der Waals surface area contributed by atoms with Gasteiger partial charge in [-0.2, -0.15) is 0 Å². The van der Waals surface area contributed by atoms with Gasteiger partial charge in [-0.1, -0.05) is 48.5 Å². The van der Waals surface area contributed by atoms with E-state index in [1.807, 2.05) is 12.1 Å². The molecule has 0 aliphatic rings. The molecule has 0 aliphatic heterocycles. The minimum atomic E-state index is 0.296. The van der Waals surface area contributed by atoms with E-state index >= 15 is 0 Å². The van der Waals surface area contributed by atoms with Crippen molar-refractivity contribution in [1.82, 2.24) is 4.98 Å². The smallest absolute Gasteiger partial charge is 0.0790 e. The molecule has 20 heavy (non-hydrogen) atoms. The number of nitrogens with zero attached hydrogens (tertiary/aromatic N) is 1. The molecular formula is C19H15N. The van der Waals surface area contributed by atoms with E-state index in [-0.39, 0.29) is 0 Å². The monoisotopic (exact) mass is 259 g/mol. The number of aromatic nitrogens is 1. The quantitative estimate of drug-likeness (QED) is 0.314. The molecule has 0 saturated carbocycles. The van der Waals surface area contributed by atoms with Gasteiger partial charge in [0.15, 0.2) is 0 Å². The molecule has 3 aromatic carbocycles. The van der Waals surface area contributed by atoms with E-state index < -0.39 is 0 Å². The average Bonchev–Trinajstić information content (AvgIpc) is 2.54. The van der Waals surface area contributed by atoms with E-state index in [2.05, 4.69) is 49.4 Å². The fourth-order valence-corrected chi connectivity index (χ4v) is 2.93. The summed E-state index contributed by atoms with van der Waals surface area (Å²) in [4.78, 5) is 4.89. The fraction of sp³-hybridized carbons (Fsp3) is 0.105. The van der Waals surface area contributed by atoms with Gasteiger partial charge in [-0.25, -0.2) is 4.98 Å². The lowest BCUT2D eigenvalue weighted by atomic mass is 9.99. The highest BCUT2D eigenvalue weighted by molar-refractivity contribution is 6.10. The number of benzene rings is 3. The minimum Gasteiger partial charge on any atom is -0.247 e. The predicted octanol–water partition coefficient (Wildman–Crippen LogP) is 5.16. The highest BCUT2D eigenvalue weighted by Crippen LogP contribution is 2.30. The molecule has 0 fully saturated rings. The zero-order valence-electron chi connectivity index (χ0n) is 12.4. The predicted molar refractivity (Wildman–Crippen MR) is 86.2 cm³/mol. The van der Waals surface area contributed by atoms with Crippen molar-refractivity contribution in [2.45, 2.75) is 13.8 Å². The van der Waals surface area contributed by atoms with Crippen molar-refractivity contribution >= 4 is 32.6 Å². The van der Waals surface area contributed by atoms with Crippen LogP contribution in [-0.4, -0.2) is 4.98 Å². The molecule has 96 valence electrons. The first-order chi connectivity index (χ1) is 10.3. The molecule has 0 N–H and O–H groups in total. The van der Waals surface area contributed by atoms with Crippen molar-refractivity contribution < 1.29 is 1.37 Å². The number of hydrogen-bond donors (Lipinski definition) is 0. The summed E-state index contributed by atoms with van der Waals surface area (Å²) in [5, 5.41) is 4.79. The molecule has 4 aromatic rings. The van der Waals surface area contributed by atoms with Crippen LogP contribution in [0, 0.1) is 13.8 Å². The summed E-state index contributed by atoms with van der Waals surface area (Å²) >= 11 is 0. The zero-order valence-corrected chi connectivity index (χ0v) is 11.4. The summed E-state index contributed by atoms with van der Waals surface area (Å²) in [5.74, 6) is 0. The summed E-state index contributed by atoms with van der Waals surface area (Å²) < 4.78 is 7.54. The summed E-state index contributed by atoms with van der Waals surface area (Å²) in [6.45, 7) is 2.45. The van der Waals surface area contributed by atoms with Crippen molar-refractivity contribution in [3.63, 3.8) is 0 Å². The van der Waals surface area contributed by atoms with E-state index in [9.17, 15) is 0 Å². The van der Waals surface area contributed by atoms with Gasteiger partial charge in [0, 0.05) is 17.5 Å². The number of aryl methyl sites for hydroxylation is 2. The van der Waals surface area contributed by atoms with Gasteiger partial charge in [0.1, 0.15) is 0 Å². The molecule has 0 unspecified atom stereocenters.